The molecule has 29 heavy (non-hydrogen) atoms. The van der Waals surface area contributed by atoms with Crippen LogP contribution in [-0.2, 0) is 38.7 Å². The van der Waals surface area contributed by atoms with E-state index in [1.165, 1.54) is 24.3 Å². The first-order valence-electron chi connectivity index (χ1n) is 6.18. The summed E-state index contributed by atoms with van der Waals surface area (Å²) < 4.78 is 0. The van der Waals surface area contributed by atoms with Crippen LogP contribution in [0.25, 0.3) is 0 Å². The molecular weight excluding hydrogens is 447 g/mol. The summed E-state index contributed by atoms with van der Waals surface area (Å²) in [5.74, 6) is -2.19. The molecule has 0 aromatic heterocycles. The van der Waals surface area contributed by atoms with Crippen molar-refractivity contribution in [3.05, 3.63) is 79.9 Å². The van der Waals surface area contributed by atoms with E-state index in [4.69, 9.17) is 10.2 Å². The molecule has 0 bridgehead atoms. The van der Waals surface area contributed by atoms with Crippen LogP contribution in [0.15, 0.2) is 48.5 Å². The Hall–Kier alpha value is -3.47. The standard InChI is InChI=1S/2C7H5NO4.Co.4H2O/c2*9-7(10)5-1-3-6(4-2-5)8(11)12;;;;;/h2*1-4H,(H,9,10);;4*1H2/p+4. The molecule has 2 aromatic rings. The van der Waals surface area contributed by atoms with Gasteiger partial charge in [0.1, 0.15) is 0 Å². The second kappa shape index (κ2) is 16.7. The van der Waals surface area contributed by atoms with Crippen LogP contribution in [0.5, 0.6) is 0 Å². The first-order valence-corrected chi connectivity index (χ1v) is 6.18. The zero-order valence-electron chi connectivity index (χ0n) is 14.5. The maximum absolute atomic E-state index is 10.3. The number of rotatable bonds is 4. The monoisotopic (exact) mass is 469 g/mol. The second-order valence-electron chi connectivity index (χ2n) is 4.22. The van der Waals surface area contributed by atoms with Crippen molar-refractivity contribution >= 4 is 23.3 Å². The number of hydrogen-bond acceptors (Lipinski definition) is 6. The Morgan fingerprint density at radius 1 is 0.621 bits per heavy atom. The van der Waals surface area contributed by atoms with E-state index in [2.05, 4.69) is 0 Å². The summed E-state index contributed by atoms with van der Waals surface area (Å²) >= 11 is 0. The number of carboxylic acids is 2. The predicted molar refractivity (Wildman–Crippen MR) is 99.6 cm³/mol. The summed E-state index contributed by atoms with van der Waals surface area (Å²) in [6.45, 7) is 0. The van der Waals surface area contributed by atoms with Gasteiger partial charge in [0.15, 0.2) is 0 Å². The molecule has 0 saturated heterocycles. The van der Waals surface area contributed by atoms with Gasteiger partial charge in [0, 0.05) is 41.0 Å². The van der Waals surface area contributed by atoms with Crippen molar-refractivity contribution < 1.29 is 68.3 Å². The van der Waals surface area contributed by atoms with Crippen LogP contribution in [0.1, 0.15) is 20.7 Å². The molecule has 14 nitrogen and oxygen atoms in total. The third kappa shape index (κ3) is 11.8. The van der Waals surface area contributed by atoms with Gasteiger partial charge < -0.3 is 32.1 Å². The first-order chi connectivity index (χ1) is 11.2. The summed E-state index contributed by atoms with van der Waals surface area (Å²) in [6.07, 6.45) is 0. The zero-order chi connectivity index (χ0) is 18.3. The van der Waals surface area contributed by atoms with Gasteiger partial charge in [-0.15, -0.1) is 0 Å². The largest absolute Gasteiger partial charge is 0.478 e. The van der Waals surface area contributed by atoms with Gasteiger partial charge in [-0.25, -0.2) is 9.59 Å². The number of nitro benzene ring substituents is 2. The maximum Gasteiger partial charge on any atom is 0.335 e. The van der Waals surface area contributed by atoms with E-state index in [0.29, 0.717) is 0 Å². The number of non-ortho nitro benzene ring substituents is 2. The minimum Gasteiger partial charge on any atom is -0.478 e. The fraction of sp³-hybridized carbons (Fsp3) is 0. The van der Waals surface area contributed by atoms with Crippen molar-refractivity contribution in [2.75, 3.05) is 0 Å². The summed E-state index contributed by atoms with van der Waals surface area (Å²) in [5.41, 5.74) is -0.138. The molecular formula is C14H22CoN2O12+4. The van der Waals surface area contributed by atoms with Crippen LogP contribution in [-0.4, -0.2) is 32.0 Å². The quantitative estimate of drug-likeness (QED) is 0.313. The molecule has 1 radical (unpaired) electrons. The maximum atomic E-state index is 10.3. The number of nitro groups is 2. The van der Waals surface area contributed by atoms with Gasteiger partial charge >= 0.3 is 11.9 Å². The van der Waals surface area contributed by atoms with E-state index in [1.807, 2.05) is 0 Å². The van der Waals surface area contributed by atoms with Crippen molar-refractivity contribution in [3.8, 4) is 0 Å². The molecule has 0 aliphatic rings. The minimum atomic E-state index is -1.09. The van der Waals surface area contributed by atoms with Crippen LogP contribution < -0.4 is 0 Å². The molecule has 0 heterocycles. The molecule has 0 saturated carbocycles. The molecule has 14 N–H and O–H groups in total. The second-order valence-corrected chi connectivity index (χ2v) is 4.22. The topological polar surface area (TPSA) is 293 Å². The van der Waals surface area contributed by atoms with Crippen LogP contribution in [0.3, 0.4) is 0 Å². The summed E-state index contributed by atoms with van der Waals surface area (Å²) in [4.78, 5) is 39.7. The number of carboxylic acid groups (broad SMARTS) is 2. The fourth-order valence-corrected chi connectivity index (χ4v) is 1.45. The van der Waals surface area contributed by atoms with Crippen LogP contribution >= 0.6 is 0 Å². The number of benzene rings is 2. The van der Waals surface area contributed by atoms with Gasteiger partial charge in [-0.1, -0.05) is 0 Å². The third-order valence-electron chi connectivity index (χ3n) is 2.65. The average molecular weight is 469 g/mol. The minimum absolute atomic E-state index is 0. The van der Waals surface area contributed by atoms with E-state index in [9.17, 15) is 29.8 Å². The van der Waals surface area contributed by atoms with Crippen molar-refractivity contribution in [2.45, 2.75) is 0 Å². The van der Waals surface area contributed by atoms with Crippen LogP contribution in [0.4, 0.5) is 11.4 Å². The van der Waals surface area contributed by atoms with Gasteiger partial charge in [0.05, 0.1) is 21.0 Å². The van der Waals surface area contributed by atoms with Crippen LogP contribution in [0, 0.1) is 20.2 Å². The average Bonchev–Trinajstić information content (AvgIpc) is 2.55. The molecule has 0 atom stereocenters. The zero-order valence-corrected chi connectivity index (χ0v) is 15.5. The van der Waals surface area contributed by atoms with Gasteiger partial charge in [0.25, 0.3) is 11.4 Å². The Morgan fingerprint density at radius 3 is 0.966 bits per heavy atom. The van der Waals surface area contributed by atoms with E-state index in [-0.39, 0.29) is 61.2 Å². The number of aromatic carboxylic acids is 2. The Labute approximate surface area is 172 Å². The molecule has 0 aliphatic heterocycles. The van der Waals surface area contributed by atoms with E-state index >= 15 is 0 Å². The molecule has 165 valence electrons. The summed E-state index contributed by atoms with van der Waals surface area (Å²) in [7, 11) is 0. The van der Waals surface area contributed by atoms with Crippen molar-refractivity contribution in [1.29, 1.82) is 0 Å². The van der Waals surface area contributed by atoms with Crippen LogP contribution in [0.2, 0.25) is 0 Å². The Bertz CT molecular complexity index is 647. The van der Waals surface area contributed by atoms with Gasteiger partial charge in [-0.05, 0) is 24.3 Å². The van der Waals surface area contributed by atoms with E-state index < -0.39 is 21.8 Å². The molecule has 0 fully saturated rings. The van der Waals surface area contributed by atoms with Gasteiger partial charge in [-0.3, -0.25) is 20.2 Å². The van der Waals surface area contributed by atoms with E-state index in [0.717, 1.165) is 24.3 Å². The Kier molecular flexibility index (Phi) is 21.0. The summed E-state index contributed by atoms with van der Waals surface area (Å²) in [6, 6.07) is 9.40. The molecule has 15 heteroatoms. The Morgan fingerprint density at radius 2 is 0.828 bits per heavy atom. The fourth-order valence-electron chi connectivity index (χ4n) is 1.45. The van der Waals surface area contributed by atoms with Gasteiger partial charge in [-0.2, -0.15) is 0 Å². The van der Waals surface area contributed by atoms with Crippen molar-refractivity contribution in [2.24, 2.45) is 0 Å². The molecule has 0 unspecified atom stereocenters. The molecule has 0 spiro atoms. The third-order valence-corrected chi connectivity index (χ3v) is 2.65. The molecule has 0 aliphatic carbocycles. The smallest absolute Gasteiger partial charge is 0.335 e. The molecule has 0 amide bonds. The predicted octanol–water partition coefficient (Wildman–Crippen LogP) is -1.10. The SMILES string of the molecule is O=C(O)c1ccc([N+](=O)[O-])cc1.O=C(O)c1ccc([N+](=O)[O-])cc1.[Co].[OH3+].[OH3+].[OH3+].[OH3+]. The normalized spacial score (nSPS) is 7.72. The Balaban J connectivity index is -0.000000113. The molecule has 2 aromatic carbocycles. The van der Waals surface area contributed by atoms with Crippen molar-refractivity contribution in [3.63, 3.8) is 0 Å². The number of carbonyl (C=O) groups is 2. The van der Waals surface area contributed by atoms with E-state index in [1.54, 1.807) is 0 Å². The summed E-state index contributed by atoms with van der Waals surface area (Å²) in [5, 5.41) is 37.2. The molecule has 2 rings (SSSR count). The number of hydrogen-bond donors (Lipinski definition) is 2. The van der Waals surface area contributed by atoms with Crippen molar-refractivity contribution in [1.82, 2.24) is 0 Å². The van der Waals surface area contributed by atoms with Gasteiger partial charge in [0.2, 0.25) is 0 Å². The number of nitrogens with zero attached hydrogens (tertiary/aromatic N) is 2. The first kappa shape index (κ1) is 36.4.